The van der Waals surface area contributed by atoms with Crippen LogP contribution >= 0.6 is 0 Å². The van der Waals surface area contributed by atoms with Gasteiger partial charge in [-0.15, -0.1) is 9.81 Å². The summed E-state index contributed by atoms with van der Waals surface area (Å²) in [4.78, 5) is 53.3. The second-order valence-corrected chi connectivity index (χ2v) is 12.8. The first-order valence-electron chi connectivity index (χ1n) is 16.5. The van der Waals surface area contributed by atoms with Crippen LogP contribution in [-0.2, 0) is 42.9 Å². The van der Waals surface area contributed by atoms with Gasteiger partial charge in [-0.05, 0) is 54.7 Å². The highest BCUT2D eigenvalue weighted by atomic mass is 16.7. The fraction of sp³-hybridized carbons (Fsp3) is 0.444. The van der Waals surface area contributed by atoms with Crippen molar-refractivity contribution in [1.82, 2.24) is 0 Å². The Labute approximate surface area is 295 Å². The third-order valence-corrected chi connectivity index (χ3v) is 10.1. The molecule has 0 bridgehead atoms. The SMILES string of the molecule is COc1ccc2c(=O)c3c(O)c4c(c(N=O)c3oc2c1OC)CCc1c(OC2OC(C)C(OC)C(OC)C2OC)c2c(c(N=O)c1-4)C(=O)OC(C)C2. The lowest BCUT2D eigenvalue weighted by Gasteiger charge is -2.44. The van der Waals surface area contributed by atoms with E-state index in [1.165, 1.54) is 47.7 Å². The number of nitroso groups, excluding NO2 is 2. The van der Waals surface area contributed by atoms with Gasteiger partial charge >= 0.3 is 5.97 Å². The molecule has 6 atom stereocenters. The highest BCUT2D eigenvalue weighted by Crippen LogP contribution is 2.56. The van der Waals surface area contributed by atoms with Gasteiger partial charge < -0.3 is 47.4 Å². The number of fused-ring (bicyclic) bond motifs is 6. The van der Waals surface area contributed by atoms with E-state index in [0.717, 1.165) is 0 Å². The van der Waals surface area contributed by atoms with Crippen LogP contribution in [-0.4, -0.2) is 83.4 Å². The number of phenols is 1. The van der Waals surface area contributed by atoms with Gasteiger partial charge in [-0.1, -0.05) is 0 Å². The van der Waals surface area contributed by atoms with Crippen LogP contribution < -0.4 is 19.6 Å². The van der Waals surface area contributed by atoms with Gasteiger partial charge in [-0.2, -0.15) is 0 Å². The summed E-state index contributed by atoms with van der Waals surface area (Å²) in [5.74, 6) is -0.931. The van der Waals surface area contributed by atoms with Gasteiger partial charge in [0.2, 0.25) is 17.5 Å². The van der Waals surface area contributed by atoms with E-state index >= 15 is 0 Å². The fourth-order valence-electron chi connectivity index (χ4n) is 7.91. The predicted molar refractivity (Wildman–Crippen MR) is 184 cm³/mol. The van der Waals surface area contributed by atoms with Gasteiger partial charge in [0.25, 0.3) is 0 Å². The molecule has 0 amide bonds. The van der Waals surface area contributed by atoms with Crippen molar-refractivity contribution >= 4 is 39.3 Å². The molecule has 3 aliphatic rings. The number of carbonyl (C=O) groups excluding carboxylic acids is 1. The number of ether oxygens (including phenoxy) is 8. The van der Waals surface area contributed by atoms with Crippen LogP contribution in [0.2, 0.25) is 0 Å². The van der Waals surface area contributed by atoms with Gasteiger partial charge in [0, 0.05) is 50.0 Å². The first-order chi connectivity index (χ1) is 25.1. The van der Waals surface area contributed by atoms with Crippen LogP contribution in [0.25, 0.3) is 33.1 Å². The molecule has 0 saturated carbocycles. The molecule has 52 heavy (non-hydrogen) atoms. The molecular formula is C36H36N2O14. The third-order valence-electron chi connectivity index (χ3n) is 10.1. The zero-order chi connectivity index (χ0) is 37.2. The summed E-state index contributed by atoms with van der Waals surface area (Å²) in [6.07, 6.45) is -3.83. The smallest absolute Gasteiger partial charge is 0.341 e. The molecule has 1 saturated heterocycles. The van der Waals surface area contributed by atoms with Crippen LogP contribution in [0.5, 0.6) is 23.0 Å². The molecule has 1 aliphatic carbocycles. The van der Waals surface area contributed by atoms with Crippen molar-refractivity contribution < 1.29 is 52.2 Å². The number of benzene rings is 3. The molecule has 1 N–H and O–H groups in total. The van der Waals surface area contributed by atoms with Crippen molar-refractivity contribution in [3.63, 3.8) is 0 Å². The molecule has 7 rings (SSSR count). The summed E-state index contributed by atoms with van der Waals surface area (Å²) in [6.45, 7) is 3.49. The molecule has 0 radical (unpaired) electrons. The lowest BCUT2D eigenvalue weighted by atomic mass is 9.78. The van der Waals surface area contributed by atoms with Crippen molar-refractivity contribution in [1.29, 1.82) is 0 Å². The number of nitrogens with zero attached hydrogens (tertiary/aromatic N) is 2. The summed E-state index contributed by atoms with van der Waals surface area (Å²) >= 11 is 0. The Bertz CT molecular complexity index is 2210. The quantitative estimate of drug-likeness (QED) is 0.129. The van der Waals surface area contributed by atoms with Crippen LogP contribution in [0.1, 0.15) is 40.9 Å². The van der Waals surface area contributed by atoms with Crippen molar-refractivity contribution in [3.8, 4) is 34.1 Å². The predicted octanol–water partition coefficient (Wildman–Crippen LogP) is 5.50. The van der Waals surface area contributed by atoms with Gasteiger partial charge in [-0.25, -0.2) is 4.79 Å². The standard InChI is InChI=1S/C36H36N2O14/c1-13-12-18-22(35(41)49-13)25(38-43)20-16(29(18)52-36-34(48-7)33(47-6)28(45-4)14(2)50-36)9-8-15-21(20)27(40)23-26(39)17-10-11-19(44-3)31(46-5)30(17)51-32(23)24(15)37-42/h10-11,13-14,28,33-34,36,40H,8-9,12H2,1-7H3. The van der Waals surface area contributed by atoms with Gasteiger partial charge in [0.1, 0.15) is 47.0 Å². The summed E-state index contributed by atoms with van der Waals surface area (Å²) in [7, 11) is 7.29. The Morgan fingerprint density at radius 3 is 2.10 bits per heavy atom. The van der Waals surface area contributed by atoms with E-state index in [0.29, 0.717) is 11.1 Å². The average molecular weight is 721 g/mol. The van der Waals surface area contributed by atoms with Crippen molar-refractivity contribution in [2.24, 2.45) is 10.4 Å². The van der Waals surface area contributed by atoms with Crippen LogP contribution in [0, 0.1) is 9.81 Å². The van der Waals surface area contributed by atoms with E-state index in [4.69, 9.17) is 42.3 Å². The monoisotopic (exact) mass is 720 g/mol. The van der Waals surface area contributed by atoms with E-state index in [-0.39, 0.29) is 92.1 Å². The molecule has 16 nitrogen and oxygen atoms in total. The molecule has 2 aliphatic heterocycles. The van der Waals surface area contributed by atoms with Gasteiger partial charge in [0.15, 0.2) is 22.6 Å². The van der Waals surface area contributed by atoms with Gasteiger partial charge in [-0.3, -0.25) is 4.79 Å². The van der Waals surface area contributed by atoms with E-state index < -0.39 is 54.0 Å². The topological polar surface area (TPSA) is 200 Å². The molecule has 6 unspecified atom stereocenters. The molecule has 0 spiro atoms. The Morgan fingerprint density at radius 2 is 1.46 bits per heavy atom. The van der Waals surface area contributed by atoms with Gasteiger partial charge in [0.05, 0.1) is 31.3 Å². The number of phenolic OH excluding ortho intramolecular Hbond substituents is 1. The van der Waals surface area contributed by atoms with E-state index in [1.807, 2.05) is 0 Å². The maximum Gasteiger partial charge on any atom is 0.341 e. The molecule has 4 aromatic rings. The Kier molecular flexibility index (Phi) is 9.10. The minimum Gasteiger partial charge on any atom is -0.506 e. The summed E-state index contributed by atoms with van der Waals surface area (Å²) in [5.41, 5.74) is -1.12. The molecule has 16 heteroatoms. The Hall–Kier alpha value is -5.16. The minimum absolute atomic E-state index is 0.00489. The Morgan fingerprint density at radius 1 is 0.769 bits per heavy atom. The molecule has 3 aromatic carbocycles. The summed E-state index contributed by atoms with van der Waals surface area (Å²) < 4.78 is 52.7. The minimum atomic E-state index is -1.10. The molecule has 1 fully saturated rings. The molecular weight excluding hydrogens is 684 g/mol. The number of rotatable bonds is 9. The number of hydrogen-bond donors (Lipinski definition) is 1. The highest BCUT2D eigenvalue weighted by Gasteiger charge is 2.48. The summed E-state index contributed by atoms with van der Waals surface area (Å²) in [5, 5.41) is 18.2. The zero-order valence-corrected chi connectivity index (χ0v) is 29.4. The maximum atomic E-state index is 14.2. The van der Waals surface area contributed by atoms with E-state index in [1.54, 1.807) is 13.8 Å². The van der Waals surface area contributed by atoms with E-state index in [2.05, 4.69) is 10.4 Å². The number of carbonyl (C=O) groups is 1. The Balaban J connectivity index is 1.55. The number of aromatic hydroxyl groups is 1. The maximum absolute atomic E-state index is 14.2. The third kappa shape index (κ3) is 5.03. The lowest BCUT2D eigenvalue weighted by Crippen LogP contribution is -2.60. The largest absolute Gasteiger partial charge is 0.506 e. The number of hydrogen-bond acceptors (Lipinski definition) is 16. The first kappa shape index (κ1) is 35.3. The average Bonchev–Trinajstić information content (AvgIpc) is 3.13. The highest BCUT2D eigenvalue weighted by molar-refractivity contribution is 6.10. The molecule has 1 aromatic heterocycles. The second-order valence-electron chi connectivity index (χ2n) is 12.8. The number of methoxy groups -OCH3 is 5. The van der Waals surface area contributed by atoms with Crippen LogP contribution in [0.4, 0.5) is 11.4 Å². The van der Waals surface area contributed by atoms with Crippen molar-refractivity contribution in [3.05, 3.63) is 54.4 Å². The van der Waals surface area contributed by atoms with E-state index in [9.17, 15) is 24.5 Å². The first-order valence-corrected chi connectivity index (χ1v) is 16.5. The van der Waals surface area contributed by atoms with Crippen molar-refractivity contribution in [2.45, 2.75) is 69.9 Å². The van der Waals surface area contributed by atoms with Crippen molar-refractivity contribution in [2.75, 3.05) is 35.5 Å². The van der Waals surface area contributed by atoms with Crippen LogP contribution in [0.15, 0.2) is 31.7 Å². The molecule has 3 heterocycles. The molecule has 274 valence electrons. The summed E-state index contributed by atoms with van der Waals surface area (Å²) in [6, 6.07) is 2.93. The second kappa shape index (κ2) is 13.4. The number of cyclic esters (lactones) is 1. The normalized spacial score (nSPS) is 23.7. The lowest BCUT2D eigenvalue weighted by molar-refractivity contribution is -0.283. The number of esters is 1. The van der Waals surface area contributed by atoms with Crippen LogP contribution in [0.3, 0.4) is 0 Å². The zero-order valence-electron chi connectivity index (χ0n) is 29.4. The fourth-order valence-corrected chi connectivity index (χ4v) is 7.91.